The highest BCUT2D eigenvalue weighted by Gasteiger charge is 2.23. The van der Waals surface area contributed by atoms with Crippen molar-refractivity contribution in [2.75, 3.05) is 6.61 Å². The molecule has 0 atom stereocenters. The molecular weight excluding hydrogens is 270 g/mol. The monoisotopic (exact) mass is 293 g/mol. The van der Waals surface area contributed by atoms with Gasteiger partial charge in [-0.1, -0.05) is 6.07 Å². The van der Waals surface area contributed by atoms with Crippen molar-refractivity contribution in [3.05, 3.63) is 29.3 Å². The van der Waals surface area contributed by atoms with Crippen molar-refractivity contribution in [1.82, 2.24) is 5.32 Å². The molecule has 5 nitrogen and oxygen atoms in total. The van der Waals surface area contributed by atoms with Gasteiger partial charge in [0.15, 0.2) is 0 Å². The minimum atomic E-state index is -0.938. The summed E-state index contributed by atoms with van der Waals surface area (Å²) in [6.45, 7) is 7.66. The van der Waals surface area contributed by atoms with Crippen LogP contribution in [0.4, 0.5) is 0 Å². The molecule has 1 amide bonds. The van der Waals surface area contributed by atoms with E-state index in [1.54, 1.807) is 13.8 Å². The van der Waals surface area contributed by atoms with Gasteiger partial charge in [-0.3, -0.25) is 9.59 Å². The van der Waals surface area contributed by atoms with Gasteiger partial charge in [0.05, 0.1) is 19.4 Å². The number of carbonyl (C=O) groups is 2. The first kappa shape index (κ1) is 17.0. The van der Waals surface area contributed by atoms with Gasteiger partial charge in [-0.25, -0.2) is 0 Å². The first-order valence-corrected chi connectivity index (χ1v) is 6.92. The third-order valence-electron chi connectivity index (χ3n) is 3.15. The topological polar surface area (TPSA) is 75.6 Å². The molecule has 1 aromatic carbocycles. The van der Waals surface area contributed by atoms with E-state index in [0.29, 0.717) is 0 Å². The summed E-state index contributed by atoms with van der Waals surface area (Å²) in [4.78, 5) is 22.4. The Hall–Kier alpha value is -2.04. The number of rotatable bonds is 7. The Bertz CT molecular complexity index is 523. The molecule has 0 heterocycles. The molecule has 2 N–H and O–H groups in total. The van der Waals surface area contributed by atoms with E-state index < -0.39 is 11.5 Å². The van der Waals surface area contributed by atoms with Crippen molar-refractivity contribution >= 4 is 11.9 Å². The fraction of sp³-hybridized carbons (Fsp3) is 0.500. The van der Waals surface area contributed by atoms with E-state index in [1.165, 1.54) is 5.56 Å². The van der Waals surface area contributed by atoms with Gasteiger partial charge < -0.3 is 15.2 Å². The minimum absolute atomic E-state index is 0.114. The van der Waals surface area contributed by atoms with E-state index in [9.17, 15) is 9.59 Å². The van der Waals surface area contributed by atoms with Crippen molar-refractivity contribution in [1.29, 1.82) is 0 Å². The molecule has 0 aliphatic carbocycles. The number of hydrogen-bond acceptors (Lipinski definition) is 3. The summed E-state index contributed by atoms with van der Waals surface area (Å²) in [5.41, 5.74) is 1.57. The number of hydrogen-bond donors (Lipinski definition) is 2. The van der Waals surface area contributed by atoms with Gasteiger partial charge in [-0.2, -0.15) is 0 Å². The van der Waals surface area contributed by atoms with Gasteiger partial charge >= 0.3 is 5.97 Å². The molecule has 1 rings (SSSR count). The quantitative estimate of drug-likeness (QED) is 0.809. The van der Waals surface area contributed by atoms with Gasteiger partial charge in [0, 0.05) is 5.54 Å². The lowest BCUT2D eigenvalue weighted by atomic mass is 10.0. The number of nitrogens with one attached hydrogen (secondary N) is 1. The van der Waals surface area contributed by atoms with Crippen molar-refractivity contribution in [2.24, 2.45) is 0 Å². The molecule has 5 heteroatoms. The van der Waals surface area contributed by atoms with Crippen LogP contribution in [-0.2, 0) is 9.59 Å². The summed E-state index contributed by atoms with van der Waals surface area (Å²) < 4.78 is 5.53. The summed E-state index contributed by atoms with van der Waals surface area (Å²) in [5, 5.41) is 11.5. The van der Waals surface area contributed by atoms with E-state index in [4.69, 9.17) is 9.84 Å². The van der Waals surface area contributed by atoms with E-state index >= 15 is 0 Å². The zero-order chi connectivity index (χ0) is 16.0. The molecule has 0 saturated heterocycles. The highest BCUT2D eigenvalue weighted by molar-refractivity contribution is 5.78. The third-order valence-corrected chi connectivity index (χ3v) is 3.15. The Kier molecular flexibility index (Phi) is 5.76. The fourth-order valence-electron chi connectivity index (χ4n) is 1.93. The molecule has 1 aromatic rings. The molecule has 0 aromatic heterocycles. The number of benzene rings is 1. The summed E-state index contributed by atoms with van der Waals surface area (Å²) in [5.74, 6) is -0.424. The number of aryl methyl sites for hydroxylation is 2. The second kappa shape index (κ2) is 7.11. The van der Waals surface area contributed by atoms with Crippen LogP contribution in [0.2, 0.25) is 0 Å². The molecule has 0 aliphatic heterocycles. The first-order valence-electron chi connectivity index (χ1n) is 6.92. The number of carboxylic acid groups (broad SMARTS) is 1. The number of amides is 1. The Morgan fingerprint density at radius 3 is 2.48 bits per heavy atom. The van der Waals surface area contributed by atoms with Crippen molar-refractivity contribution in [3.63, 3.8) is 0 Å². The smallest absolute Gasteiger partial charge is 0.305 e. The fourth-order valence-corrected chi connectivity index (χ4v) is 1.93. The standard InChI is InChI=1S/C16H23NO4/c1-11-5-6-13(9-12(11)2)21-8-7-14(18)17-16(3,4)10-15(19)20/h5-6,9H,7-8,10H2,1-4H3,(H,17,18)(H,19,20). The van der Waals surface area contributed by atoms with E-state index in [1.807, 2.05) is 32.0 Å². The Morgan fingerprint density at radius 1 is 1.24 bits per heavy atom. The van der Waals surface area contributed by atoms with Crippen LogP contribution in [0.15, 0.2) is 18.2 Å². The molecule has 21 heavy (non-hydrogen) atoms. The molecule has 0 saturated carbocycles. The molecular formula is C16H23NO4. The molecule has 0 bridgehead atoms. The Morgan fingerprint density at radius 2 is 1.90 bits per heavy atom. The number of carboxylic acids is 1. The third kappa shape index (κ3) is 6.29. The minimum Gasteiger partial charge on any atom is -0.493 e. The number of aliphatic carboxylic acids is 1. The lowest BCUT2D eigenvalue weighted by molar-refractivity contribution is -0.138. The second-order valence-electron chi connectivity index (χ2n) is 5.85. The van der Waals surface area contributed by atoms with Crippen molar-refractivity contribution < 1.29 is 19.4 Å². The van der Waals surface area contributed by atoms with Crippen LogP contribution >= 0.6 is 0 Å². The Labute approximate surface area is 125 Å². The maximum Gasteiger partial charge on any atom is 0.305 e. The predicted molar refractivity (Wildman–Crippen MR) is 80.5 cm³/mol. The second-order valence-corrected chi connectivity index (χ2v) is 5.85. The van der Waals surface area contributed by atoms with Gasteiger partial charge in [0.2, 0.25) is 5.91 Å². The van der Waals surface area contributed by atoms with E-state index in [2.05, 4.69) is 5.32 Å². The number of carbonyl (C=O) groups excluding carboxylic acids is 1. The van der Waals surface area contributed by atoms with Crippen LogP contribution in [0.3, 0.4) is 0 Å². The van der Waals surface area contributed by atoms with Crippen LogP contribution < -0.4 is 10.1 Å². The molecule has 0 radical (unpaired) electrons. The highest BCUT2D eigenvalue weighted by atomic mass is 16.5. The van der Waals surface area contributed by atoms with E-state index in [0.717, 1.165) is 11.3 Å². The van der Waals surface area contributed by atoms with E-state index in [-0.39, 0.29) is 25.4 Å². The van der Waals surface area contributed by atoms with Crippen LogP contribution in [-0.4, -0.2) is 29.1 Å². The molecule has 0 unspecified atom stereocenters. The van der Waals surface area contributed by atoms with Gasteiger partial charge in [0.25, 0.3) is 0 Å². The van der Waals surface area contributed by atoms with Crippen LogP contribution in [0, 0.1) is 13.8 Å². The highest BCUT2D eigenvalue weighted by Crippen LogP contribution is 2.16. The number of ether oxygens (including phenoxy) is 1. The molecule has 0 aliphatic rings. The van der Waals surface area contributed by atoms with Gasteiger partial charge in [-0.15, -0.1) is 0 Å². The lowest BCUT2D eigenvalue weighted by Gasteiger charge is -2.24. The van der Waals surface area contributed by atoms with Crippen LogP contribution in [0.5, 0.6) is 5.75 Å². The Balaban J connectivity index is 2.39. The zero-order valence-electron chi connectivity index (χ0n) is 13.0. The maximum absolute atomic E-state index is 11.8. The van der Waals surface area contributed by atoms with Crippen LogP contribution in [0.25, 0.3) is 0 Å². The maximum atomic E-state index is 11.8. The first-order chi connectivity index (χ1) is 9.69. The van der Waals surface area contributed by atoms with Crippen molar-refractivity contribution in [2.45, 2.75) is 46.1 Å². The average molecular weight is 293 g/mol. The summed E-state index contributed by atoms with van der Waals surface area (Å²) in [7, 11) is 0. The summed E-state index contributed by atoms with van der Waals surface area (Å²) >= 11 is 0. The summed E-state index contributed by atoms with van der Waals surface area (Å²) in [6, 6.07) is 5.77. The largest absolute Gasteiger partial charge is 0.493 e. The summed E-state index contributed by atoms with van der Waals surface area (Å²) in [6.07, 6.45) is 0.0761. The predicted octanol–water partition coefficient (Wildman–Crippen LogP) is 2.44. The van der Waals surface area contributed by atoms with Crippen LogP contribution in [0.1, 0.15) is 37.8 Å². The molecule has 116 valence electrons. The molecule has 0 fully saturated rings. The SMILES string of the molecule is Cc1ccc(OCCC(=O)NC(C)(C)CC(=O)O)cc1C. The lowest BCUT2D eigenvalue weighted by Crippen LogP contribution is -2.45. The average Bonchev–Trinajstić information content (AvgIpc) is 2.31. The van der Waals surface area contributed by atoms with Gasteiger partial charge in [0.1, 0.15) is 5.75 Å². The van der Waals surface area contributed by atoms with Gasteiger partial charge in [-0.05, 0) is 51.0 Å². The van der Waals surface area contributed by atoms with Crippen molar-refractivity contribution in [3.8, 4) is 5.75 Å². The zero-order valence-corrected chi connectivity index (χ0v) is 13.0. The molecule has 0 spiro atoms. The normalized spacial score (nSPS) is 11.0.